The minimum absolute atomic E-state index is 0.00656. The van der Waals surface area contributed by atoms with Crippen LogP contribution in [0.3, 0.4) is 0 Å². The number of fused-ring (bicyclic) bond motifs is 5. The van der Waals surface area contributed by atoms with E-state index in [0.29, 0.717) is 6.07 Å². The zero-order chi connectivity index (χ0) is 23.6. The first-order valence-electron chi connectivity index (χ1n) is 9.77. The highest BCUT2D eigenvalue weighted by atomic mass is 19.4. The topological polar surface area (TPSA) is 108 Å². The molecule has 32 heavy (non-hydrogen) atoms. The number of halogens is 3. The highest BCUT2D eigenvalue weighted by molar-refractivity contribution is 5.70. The molecule has 8 nitrogen and oxygen atoms in total. The van der Waals surface area contributed by atoms with Crippen molar-refractivity contribution in [1.82, 2.24) is 9.47 Å². The summed E-state index contributed by atoms with van der Waals surface area (Å²) >= 11 is 0. The molecule has 170 valence electrons. The molecule has 0 radical (unpaired) electrons. The van der Waals surface area contributed by atoms with E-state index in [2.05, 4.69) is 0 Å². The molecule has 2 aliphatic heterocycles. The van der Waals surface area contributed by atoms with E-state index in [4.69, 9.17) is 14.7 Å². The summed E-state index contributed by atoms with van der Waals surface area (Å²) in [5.74, 6) is -1.01. The normalized spacial score (nSPS) is 24.2. The maximum absolute atomic E-state index is 13.4. The van der Waals surface area contributed by atoms with Gasteiger partial charge in [-0.2, -0.15) is 18.4 Å². The molecule has 1 aromatic heterocycles. The summed E-state index contributed by atoms with van der Waals surface area (Å²) in [4.78, 5) is 13.7. The number of hydrogen-bond acceptors (Lipinski definition) is 6. The van der Waals surface area contributed by atoms with Gasteiger partial charge < -0.3 is 24.6 Å². The summed E-state index contributed by atoms with van der Waals surface area (Å²) in [6, 6.07) is 4.37. The summed E-state index contributed by atoms with van der Waals surface area (Å²) in [5, 5.41) is 31.0. The monoisotopic (exact) mass is 451 g/mol. The smallest absolute Gasteiger partial charge is 0.417 e. The second-order valence-electron chi connectivity index (χ2n) is 8.19. The molecule has 1 saturated heterocycles. The third-order valence-electron chi connectivity index (χ3n) is 5.83. The van der Waals surface area contributed by atoms with Gasteiger partial charge >= 0.3 is 12.3 Å². The van der Waals surface area contributed by atoms with Crippen LogP contribution in [0.25, 0.3) is 5.69 Å². The zero-order valence-corrected chi connectivity index (χ0v) is 17.4. The molecule has 2 N–H and O–H groups in total. The number of amides is 1. The molecule has 0 aliphatic carbocycles. The standard InChI is InChI=1S/C21H20F3N3O5/c1-4-31-18(30)26-9-19(2)14-15(20(3,10-26)32-19)17(29)27(16(14)28)12-6-5-11(8-25)13(7-12)21(22,23)24/h5-7,28-29H,4,9-10H2,1-3H3/t19-,20+. The average Bonchev–Trinajstić information content (AvgIpc) is 3.07. The predicted octanol–water partition coefficient (Wildman–Crippen LogP) is 3.71. The molecule has 1 aromatic carbocycles. The maximum Gasteiger partial charge on any atom is 0.417 e. The number of aromatic nitrogens is 1. The van der Waals surface area contributed by atoms with Crippen molar-refractivity contribution in [2.45, 2.75) is 38.1 Å². The number of nitrogens with zero attached hydrogens (tertiary/aromatic N) is 3. The summed E-state index contributed by atoms with van der Waals surface area (Å²) in [5.41, 5.74) is -4.04. The van der Waals surface area contributed by atoms with Gasteiger partial charge in [0.05, 0.1) is 53.7 Å². The number of aromatic hydroxyl groups is 2. The van der Waals surface area contributed by atoms with Crippen molar-refractivity contribution in [3.8, 4) is 23.5 Å². The van der Waals surface area contributed by atoms with Crippen LogP contribution < -0.4 is 0 Å². The fourth-order valence-electron chi connectivity index (χ4n) is 4.75. The lowest BCUT2D eigenvalue weighted by Gasteiger charge is -2.43. The minimum atomic E-state index is -4.81. The van der Waals surface area contributed by atoms with E-state index in [1.165, 1.54) is 17.0 Å². The van der Waals surface area contributed by atoms with E-state index in [1.54, 1.807) is 20.8 Å². The number of carbonyl (C=O) groups is 1. The van der Waals surface area contributed by atoms with Crippen LogP contribution in [0.15, 0.2) is 18.2 Å². The van der Waals surface area contributed by atoms with E-state index in [9.17, 15) is 28.2 Å². The predicted molar refractivity (Wildman–Crippen MR) is 103 cm³/mol. The van der Waals surface area contributed by atoms with Crippen molar-refractivity contribution in [3.05, 3.63) is 40.5 Å². The van der Waals surface area contributed by atoms with E-state index in [1.807, 2.05) is 0 Å². The number of hydrogen-bond donors (Lipinski definition) is 2. The van der Waals surface area contributed by atoms with Gasteiger partial charge in [-0.15, -0.1) is 0 Å². The summed E-state index contributed by atoms with van der Waals surface area (Å²) in [7, 11) is 0. The van der Waals surface area contributed by atoms with Crippen LogP contribution in [0.4, 0.5) is 18.0 Å². The van der Waals surface area contributed by atoms with Crippen LogP contribution in [0.2, 0.25) is 0 Å². The molecule has 11 heteroatoms. The molecular formula is C21H20F3N3O5. The first-order chi connectivity index (χ1) is 14.9. The van der Waals surface area contributed by atoms with Crippen LogP contribution in [0.1, 0.15) is 43.0 Å². The fourth-order valence-corrected chi connectivity index (χ4v) is 4.75. The lowest BCUT2D eigenvalue weighted by Crippen LogP contribution is -2.53. The molecular weight excluding hydrogens is 431 g/mol. The number of rotatable bonds is 2. The molecule has 0 spiro atoms. The highest BCUT2D eigenvalue weighted by Crippen LogP contribution is 2.59. The Balaban J connectivity index is 1.87. The van der Waals surface area contributed by atoms with Gasteiger partial charge in [0.15, 0.2) is 0 Å². The lowest BCUT2D eigenvalue weighted by atomic mass is 9.94. The number of benzene rings is 1. The lowest BCUT2D eigenvalue weighted by molar-refractivity contribution is -0.180. The van der Waals surface area contributed by atoms with Gasteiger partial charge in [-0.3, -0.25) is 4.57 Å². The Hall–Kier alpha value is -3.39. The van der Waals surface area contributed by atoms with Crippen molar-refractivity contribution >= 4 is 6.09 Å². The van der Waals surface area contributed by atoms with Crippen LogP contribution in [-0.4, -0.2) is 45.5 Å². The molecule has 2 aromatic rings. The number of ether oxygens (including phenoxy) is 2. The Morgan fingerprint density at radius 3 is 2.25 bits per heavy atom. The van der Waals surface area contributed by atoms with E-state index < -0.39 is 46.4 Å². The van der Waals surface area contributed by atoms with Gasteiger partial charge in [-0.25, -0.2) is 4.79 Å². The van der Waals surface area contributed by atoms with Gasteiger partial charge in [0.2, 0.25) is 11.8 Å². The fraction of sp³-hybridized carbons (Fsp3) is 0.429. The number of carbonyl (C=O) groups excluding carboxylic acids is 1. The molecule has 3 heterocycles. The Labute approximate surface area is 181 Å². The van der Waals surface area contributed by atoms with Gasteiger partial charge in [0.1, 0.15) is 11.2 Å². The second kappa shape index (κ2) is 6.80. The van der Waals surface area contributed by atoms with E-state index >= 15 is 0 Å². The molecule has 2 atom stereocenters. The third-order valence-corrected chi connectivity index (χ3v) is 5.83. The Bertz CT molecular complexity index is 1130. The minimum Gasteiger partial charge on any atom is -0.494 e. The zero-order valence-electron chi connectivity index (χ0n) is 17.4. The quantitative estimate of drug-likeness (QED) is 0.721. The molecule has 0 unspecified atom stereocenters. The van der Waals surface area contributed by atoms with E-state index in [-0.39, 0.29) is 36.5 Å². The SMILES string of the molecule is CCOC(=O)N1C[C@@]2(C)O[C@@](C)(C1)c1c2c(O)n(-c2ccc(C#N)c(C(F)(F)F)c2)c1O. The Morgan fingerprint density at radius 1 is 1.22 bits per heavy atom. The average molecular weight is 451 g/mol. The summed E-state index contributed by atoms with van der Waals surface area (Å²) in [6.07, 6.45) is -5.38. The third kappa shape index (κ3) is 2.97. The first-order valence-corrected chi connectivity index (χ1v) is 9.77. The second-order valence-corrected chi connectivity index (χ2v) is 8.19. The van der Waals surface area contributed by atoms with Gasteiger partial charge in [0, 0.05) is 0 Å². The molecule has 2 aliphatic rings. The van der Waals surface area contributed by atoms with Gasteiger partial charge in [-0.1, -0.05) is 0 Å². The van der Waals surface area contributed by atoms with Crippen LogP contribution in [-0.2, 0) is 26.9 Å². The van der Waals surface area contributed by atoms with Crippen molar-refractivity contribution in [1.29, 1.82) is 5.26 Å². The number of nitriles is 1. The molecule has 2 bridgehead atoms. The summed E-state index contributed by atoms with van der Waals surface area (Å²) < 4.78 is 52.3. The first kappa shape index (κ1) is 21.8. The largest absolute Gasteiger partial charge is 0.494 e. The molecule has 1 fully saturated rings. The van der Waals surface area contributed by atoms with Crippen molar-refractivity contribution < 1.29 is 37.7 Å². The van der Waals surface area contributed by atoms with Crippen LogP contribution >= 0.6 is 0 Å². The van der Waals surface area contributed by atoms with Gasteiger partial charge in [0.25, 0.3) is 0 Å². The van der Waals surface area contributed by atoms with Gasteiger partial charge in [-0.05, 0) is 39.0 Å². The Morgan fingerprint density at radius 2 is 1.78 bits per heavy atom. The van der Waals surface area contributed by atoms with E-state index in [0.717, 1.165) is 10.6 Å². The van der Waals surface area contributed by atoms with Crippen molar-refractivity contribution in [3.63, 3.8) is 0 Å². The van der Waals surface area contributed by atoms with Crippen LogP contribution in [0.5, 0.6) is 11.8 Å². The number of alkyl halides is 3. The number of morpholine rings is 1. The molecule has 0 saturated carbocycles. The van der Waals surface area contributed by atoms with Crippen molar-refractivity contribution in [2.24, 2.45) is 0 Å². The maximum atomic E-state index is 13.4. The summed E-state index contributed by atoms with van der Waals surface area (Å²) in [6.45, 7) is 5.08. The highest BCUT2D eigenvalue weighted by Gasteiger charge is 2.60. The van der Waals surface area contributed by atoms with Crippen LogP contribution in [0, 0.1) is 11.3 Å². The van der Waals surface area contributed by atoms with Crippen molar-refractivity contribution in [2.75, 3.05) is 19.7 Å². The molecule has 1 amide bonds. The Kier molecular flexibility index (Phi) is 4.64. The molecule has 4 rings (SSSR count).